The van der Waals surface area contributed by atoms with Crippen molar-refractivity contribution in [3.8, 4) is 5.75 Å². The number of aromatic hydroxyl groups is 1. The number of carboxylic acids is 1. The van der Waals surface area contributed by atoms with Crippen molar-refractivity contribution in [2.45, 2.75) is 12.6 Å². The Balaban J connectivity index is 1.81. The topological polar surface area (TPSA) is 104 Å². The second-order valence-corrected chi connectivity index (χ2v) is 6.21. The van der Waals surface area contributed by atoms with E-state index in [1.807, 2.05) is 0 Å². The number of halogens is 4. The van der Waals surface area contributed by atoms with Gasteiger partial charge in [0.05, 0.1) is 22.7 Å². The number of phenols is 1. The molecule has 0 aliphatic rings. The number of carboxylic acid groups (broad SMARTS) is 1. The first-order chi connectivity index (χ1) is 13.0. The Morgan fingerprint density at radius 2 is 1.93 bits per heavy atom. The molecule has 146 valence electrons. The van der Waals surface area contributed by atoms with E-state index in [-0.39, 0.29) is 28.5 Å². The van der Waals surface area contributed by atoms with Crippen LogP contribution in [0.2, 0.25) is 5.02 Å². The van der Waals surface area contributed by atoms with Gasteiger partial charge in [-0.05, 0) is 24.3 Å². The van der Waals surface area contributed by atoms with Gasteiger partial charge in [-0.1, -0.05) is 11.6 Å². The molecule has 7 nitrogen and oxygen atoms in total. The molecule has 0 radical (unpaired) electrons. The van der Waals surface area contributed by atoms with E-state index in [9.17, 15) is 27.9 Å². The average molecular weight is 414 g/mol. The average Bonchev–Trinajstić information content (AvgIpc) is 2.98. The Labute approximate surface area is 160 Å². The number of rotatable bonds is 4. The van der Waals surface area contributed by atoms with Crippen molar-refractivity contribution in [2.75, 3.05) is 5.32 Å². The molecule has 3 rings (SSSR count). The summed E-state index contributed by atoms with van der Waals surface area (Å²) in [6.07, 6.45) is -2.81. The summed E-state index contributed by atoms with van der Waals surface area (Å²) in [5, 5.41) is 20.6. The van der Waals surface area contributed by atoms with Crippen LogP contribution in [0.4, 0.5) is 18.9 Å². The van der Waals surface area contributed by atoms with Crippen LogP contribution in [0.5, 0.6) is 5.75 Å². The minimum atomic E-state index is -4.58. The molecule has 0 saturated carbocycles. The number of benzene rings is 1. The van der Waals surface area contributed by atoms with Gasteiger partial charge < -0.3 is 19.9 Å². The first kappa shape index (κ1) is 19.5. The van der Waals surface area contributed by atoms with Gasteiger partial charge >= 0.3 is 12.1 Å². The van der Waals surface area contributed by atoms with Gasteiger partial charge in [-0.25, -0.2) is 9.78 Å². The van der Waals surface area contributed by atoms with Crippen LogP contribution >= 0.6 is 11.6 Å². The molecule has 0 spiro atoms. The fourth-order valence-electron chi connectivity index (χ4n) is 2.50. The quantitative estimate of drug-likeness (QED) is 0.567. The molecule has 0 aliphatic heterocycles. The van der Waals surface area contributed by atoms with Crippen LogP contribution in [0, 0.1) is 0 Å². The number of nitrogens with one attached hydrogen (secondary N) is 1. The maximum absolute atomic E-state index is 12.9. The highest BCUT2D eigenvalue weighted by molar-refractivity contribution is 6.33. The molecule has 0 unspecified atom stereocenters. The molecule has 1 amide bonds. The lowest BCUT2D eigenvalue weighted by atomic mass is 10.1. The summed E-state index contributed by atoms with van der Waals surface area (Å²) in [6, 6.07) is 4.24. The lowest BCUT2D eigenvalue weighted by Gasteiger charge is -2.07. The van der Waals surface area contributed by atoms with Crippen LogP contribution in [0.1, 0.15) is 21.6 Å². The van der Waals surface area contributed by atoms with E-state index in [1.54, 1.807) is 0 Å². The number of carbonyl (C=O) groups excluding carboxylic acids is 1. The van der Waals surface area contributed by atoms with Crippen molar-refractivity contribution in [1.82, 2.24) is 9.38 Å². The predicted octanol–water partition coefficient (Wildman–Crippen LogP) is 3.59. The van der Waals surface area contributed by atoms with E-state index in [1.165, 1.54) is 12.3 Å². The Morgan fingerprint density at radius 1 is 1.21 bits per heavy atom. The molecule has 3 aromatic rings. The number of hydrogen-bond acceptors (Lipinski definition) is 4. The summed E-state index contributed by atoms with van der Waals surface area (Å²) in [4.78, 5) is 27.2. The van der Waals surface area contributed by atoms with Crippen LogP contribution < -0.4 is 5.32 Å². The molecule has 0 aliphatic carbocycles. The number of imidazole rings is 1. The maximum Gasteiger partial charge on any atom is 0.417 e. The second kappa shape index (κ2) is 7.04. The zero-order chi connectivity index (χ0) is 20.6. The molecule has 11 heteroatoms. The lowest BCUT2D eigenvalue weighted by molar-refractivity contribution is -0.137. The van der Waals surface area contributed by atoms with Gasteiger partial charge in [0.15, 0.2) is 5.65 Å². The number of anilines is 1. The van der Waals surface area contributed by atoms with E-state index in [2.05, 4.69) is 10.3 Å². The second-order valence-electron chi connectivity index (χ2n) is 5.80. The van der Waals surface area contributed by atoms with E-state index in [0.29, 0.717) is 0 Å². The number of fused-ring (bicyclic) bond motifs is 1. The van der Waals surface area contributed by atoms with E-state index < -0.39 is 34.9 Å². The third kappa shape index (κ3) is 4.01. The number of amides is 1. The highest BCUT2D eigenvalue weighted by Gasteiger charge is 2.32. The molecule has 28 heavy (non-hydrogen) atoms. The summed E-state index contributed by atoms with van der Waals surface area (Å²) in [5.74, 6) is -2.41. The summed E-state index contributed by atoms with van der Waals surface area (Å²) in [6.45, 7) is 0. The summed E-state index contributed by atoms with van der Waals surface area (Å²) in [5.41, 5.74) is -0.992. The van der Waals surface area contributed by atoms with Crippen molar-refractivity contribution in [2.24, 2.45) is 0 Å². The molecule has 3 N–H and O–H groups in total. The van der Waals surface area contributed by atoms with Gasteiger partial charge in [0.2, 0.25) is 5.91 Å². The molecular weight excluding hydrogens is 403 g/mol. The number of pyridine rings is 1. The summed E-state index contributed by atoms with van der Waals surface area (Å²) in [7, 11) is 0. The van der Waals surface area contributed by atoms with Gasteiger partial charge in [0, 0.05) is 18.1 Å². The Kier molecular flexibility index (Phi) is 4.90. The minimum absolute atomic E-state index is 0.0651. The Bertz CT molecular complexity index is 1100. The first-order valence-corrected chi connectivity index (χ1v) is 8.03. The Morgan fingerprint density at radius 3 is 2.57 bits per heavy atom. The fraction of sp³-hybridized carbons (Fsp3) is 0.118. The third-order valence-corrected chi connectivity index (χ3v) is 4.01. The lowest BCUT2D eigenvalue weighted by Crippen LogP contribution is -2.15. The minimum Gasteiger partial charge on any atom is -0.507 e. The van der Waals surface area contributed by atoms with Crippen LogP contribution in [0.15, 0.2) is 36.7 Å². The van der Waals surface area contributed by atoms with Gasteiger partial charge in [-0.3, -0.25) is 4.79 Å². The highest BCUT2D eigenvalue weighted by Crippen LogP contribution is 2.32. The van der Waals surface area contributed by atoms with E-state index >= 15 is 0 Å². The first-order valence-electron chi connectivity index (χ1n) is 7.65. The van der Waals surface area contributed by atoms with Gasteiger partial charge in [0.1, 0.15) is 11.3 Å². The monoisotopic (exact) mass is 413 g/mol. The molecular formula is C17H11ClF3N3O4. The Hall–Kier alpha value is -3.27. The van der Waals surface area contributed by atoms with Crippen molar-refractivity contribution in [3.05, 3.63) is 58.5 Å². The summed E-state index contributed by atoms with van der Waals surface area (Å²) < 4.78 is 39.7. The predicted molar refractivity (Wildman–Crippen MR) is 92.6 cm³/mol. The molecule has 2 aromatic heterocycles. The SMILES string of the molecule is O=C(Cc1cn2cc(C(F)(F)F)cc(Cl)c2n1)Nc1ccc(O)c(C(=O)O)c1. The van der Waals surface area contributed by atoms with Crippen LogP contribution in [-0.4, -0.2) is 31.5 Å². The normalized spacial score (nSPS) is 11.6. The molecule has 0 atom stereocenters. The van der Waals surface area contributed by atoms with Crippen molar-refractivity contribution >= 4 is 34.8 Å². The molecule has 2 heterocycles. The number of carbonyl (C=O) groups is 2. The van der Waals surface area contributed by atoms with E-state index in [4.69, 9.17) is 16.7 Å². The van der Waals surface area contributed by atoms with Gasteiger partial charge in [-0.2, -0.15) is 13.2 Å². The van der Waals surface area contributed by atoms with Gasteiger partial charge in [-0.15, -0.1) is 0 Å². The zero-order valence-electron chi connectivity index (χ0n) is 13.8. The largest absolute Gasteiger partial charge is 0.507 e. The van der Waals surface area contributed by atoms with Crippen LogP contribution in [0.3, 0.4) is 0 Å². The standard InChI is InChI=1S/C17H11ClF3N3O4/c18-12-3-8(17(19,20)21)6-24-7-10(23-15(12)24)5-14(26)22-9-1-2-13(25)11(4-9)16(27)28/h1-4,6-7,25H,5H2,(H,22,26)(H,27,28). The van der Waals surface area contributed by atoms with Crippen molar-refractivity contribution in [3.63, 3.8) is 0 Å². The van der Waals surface area contributed by atoms with Crippen LogP contribution in [-0.2, 0) is 17.4 Å². The van der Waals surface area contributed by atoms with Crippen LogP contribution in [0.25, 0.3) is 5.65 Å². The smallest absolute Gasteiger partial charge is 0.417 e. The number of alkyl halides is 3. The number of aromatic carboxylic acids is 1. The number of aromatic nitrogens is 2. The number of hydrogen-bond donors (Lipinski definition) is 3. The molecule has 0 fully saturated rings. The number of nitrogens with zero attached hydrogens (tertiary/aromatic N) is 2. The highest BCUT2D eigenvalue weighted by atomic mass is 35.5. The molecule has 1 aromatic carbocycles. The van der Waals surface area contributed by atoms with E-state index in [0.717, 1.165) is 28.8 Å². The fourth-order valence-corrected chi connectivity index (χ4v) is 2.76. The maximum atomic E-state index is 12.9. The van der Waals surface area contributed by atoms with Crippen molar-refractivity contribution in [1.29, 1.82) is 0 Å². The zero-order valence-corrected chi connectivity index (χ0v) is 14.5. The van der Waals surface area contributed by atoms with Gasteiger partial charge in [0.25, 0.3) is 0 Å². The molecule has 0 saturated heterocycles. The summed E-state index contributed by atoms with van der Waals surface area (Å²) >= 11 is 5.85. The van der Waals surface area contributed by atoms with Crippen molar-refractivity contribution < 1.29 is 33.0 Å². The third-order valence-electron chi connectivity index (χ3n) is 3.74. The molecule has 0 bridgehead atoms.